The first-order chi connectivity index (χ1) is 17.1. The van der Waals surface area contributed by atoms with Gasteiger partial charge < -0.3 is 24.0 Å². The third-order valence-electron chi connectivity index (χ3n) is 6.23. The van der Waals surface area contributed by atoms with Crippen LogP contribution in [0.3, 0.4) is 0 Å². The van der Waals surface area contributed by atoms with E-state index in [1.807, 2.05) is 54.2 Å². The summed E-state index contributed by atoms with van der Waals surface area (Å²) in [6.45, 7) is 3.09. The molecule has 0 aliphatic carbocycles. The monoisotopic (exact) mass is 512 g/mol. The van der Waals surface area contributed by atoms with E-state index in [0.717, 1.165) is 56.0 Å². The number of aliphatic carboxylic acids is 1. The SMILES string of the molecule is CN1C(=O)COc2ccccc2CCCCO[C@@H]2CN(Cc3nccn3C)C[C@@H]21.O=C(O)C(F)(F)F. The summed E-state index contributed by atoms with van der Waals surface area (Å²) in [5.41, 5.74) is 1.16. The van der Waals surface area contributed by atoms with E-state index in [0.29, 0.717) is 6.61 Å². The number of aryl methyl sites for hydroxylation is 2. The van der Waals surface area contributed by atoms with Crippen molar-refractivity contribution in [1.29, 1.82) is 0 Å². The molecule has 0 bridgehead atoms. The number of para-hydroxylation sites is 1. The fourth-order valence-electron chi connectivity index (χ4n) is 4.18. The first-order valence-corrected chi connectivity index (χ1v) is 11.6. The standard InChI is InChI=1S/C22H30N4O3.C2HF3O2/c1-24-11-10-23-21(24)15-26-13-18-20(14-26)28-12-6-5-8-17-7-3-4-9-19(17)29-16-22(27)25(18)2;3-2(4,5)1(6)7/h3-4,7,9-11,18,20H,5-6,8,12-16H2,1-2H3;(H,6,7)/t18-,20+;/m0./s1. The molecule has 0 radical (unpaired) electrons. The number of fused-ring (bicyclic) bond motifs is 2. The molecule has 12 heteroatoms. The average molecular weight is 513 g/mol. The molecule has 1 fully saturated rings. The Morgan fingerprint density at radius 2 is 1.92 bits per heavy atom. The lowest BCUT2D eigenvalue weighted by atomic mass is 10.1. The molecule has 2 atom stereocenters. The Bertz CT molecular complexity index is 1030. The maximum atomic E-state index is 12.9. The normalized spacial score (nSPS) is 21.6. The van der Waals surface area contributed by atoms with Crippen LogP contribution in [0.2, 0.25) is 0 Å². The number of carbonyl (C=O) groups excluding carboxylic acids is 1. The van der Waals surface area contributed by atoms with Gasteiger partial charge in [-0.25, -0.2) is 9.78 Å². The summed E-state index contributed by atoms with van der Waals surface area (Å²) in [6.07, 6.45) is 1.67. The van der Waals surface area contributed by atoms with Crippen LogP contribution in [0.5, 0.6) is 5.75 Å². The smallest absolute Gasteiger partial charge is 0.483 e. The van der Waals surface area contributed by atoms with Crippen LogP contribution in [0.25, 0.3) is 0 Å². The molecule has 2 aliphatic rings. The zero-order valence-corrected chi connectivity index (χ0v) is 20.3. The number of imidazole rings is 1. The predicted molar refractivity (Wildman–Crippen MR) is 123 cm³/mol. The largest absolute Gasteiger partial charge is 0.490 e. The lowest BCUT2D eigenvalue weighted by molar-refractivity contribution is -0.192. The Morgan fingerprint density at radius 1 is 1.19 bits per heavy atom. The molecule has 0 unspecified atom stereocenters. The zero-order valence-electron chi connectivity index (χ0n) is 20.3. The molecular formula is C24H31F3N4O5. The second-order valence-electron chi connectivity index (χ2n) is 8.79. The van der Waals surface area contributed by atoms with E-state index in [1.165, 1.54) is 0 Å². The van der Waals surface area contributed by atoms with Gasteiger partial charge in [-0.15, -0.1) is 0 Å². The Kier molecular flexibility index (Phi) is 9.32. The summed E-state index contributed by atoms with van der Waals surface area (Å²) in [6, 6.07) is 8.02. The highest BCUT2D eigenvalue weighted by Gasteiger charge is 2.39. The van der Waals surface area contributed by atoms with E-state index in [2.05, 4.69) is 16.0 Å². The lowest BCUT2D eigenvalue weighted by Gasteiger charge is -2.29. The second-order valence-corrected chi connectivity index (χ2v) is 8.79. The van der Waals surface area contributed by atoms with Crippen LogP contribution in [0.1, 0.15) is 24.2 Å². The molecule has 3 heterocycles. The number of nitrogens with zero attached hydrogens (tertiary/aromatic N) is 4. The molecule has 1 amide bonds. The summed E-state index contributed by atoms with van der Waals surface area (Å²) in [7, 11) is 3.87. The van der Waals surface area contributed by atoms with Crippen molar-refractivity contribution < 1.29 is 37.3 Å². The van der Waals surface area contributed by atoms with E-state index >= 15 is 0 Å². The number of ether oxygens (including phenoxy) is 2. The molecule has 36 heavy (non-hydrogen) atoms. The summed E-state index contributed by atoms with van der Waals surface area (Å²) < 4.78 is 45.9. The Labute approximate surface area is 207 Å². The van der Waals surface area contributed by atoms with Gasteiger partial charge >= 0.3 is 12.1 Å². The Morgan fingerprint density at radius 3 is 2.58 bits per heavy atom. The van der Waals surface area contributed by atoms with Crippen molar-refractivity contribution in [2.75, 3.05) is 33.4 Å². The highest BCUT2D eigenvalue weighted by Crippen LogP contribution is 2.24. The van der Waals surface area contributed by atoms with Gasteiger partial charge in [0.1, 0.15) is 11.6 Å². The maximum absolute atomic E-state index is 12.9. The van der Waals surface area contributed by atoms with Crippen LogP contribution in [-0.2, 0) is 34.3 Å². The lowest BCUT2D eigenvalue weighted by Crippen LogP contribution is -2.47. The van der Waals surface area contributed by atoms with E-state index in [9.17, 15) is 18.0 Å². The molecule has 198 valence electrons. The number of hydrogen-bond donors (Lipinski definition) is 1. The minimum Gasteiger partial charge on any atom is -0.483 e. The summed E-state index contributed by atoms with van der Waals surface area (Å²) in [5.74, 6) is -0.939. The number of aromatic nitrogens is 2. The third-order valence-corrected chi connectivity index (χ3v) is 6.23. The number of amides is 1. The van der Waals surface area contributed by atoms with Gasteiger partial charge in [-0.2, -0.15) is 13.2 Å². The second kappa shape index (κ2) is 12.2. The number of rotatable bonds is 2. The zero-order chi connectivity index (χ0) is 26.3. The van der Waals surface area contributed by atoms with Gasteiger partial charge in [0.05, 0.1) is 18.7 Å². The Hall–Kier alpha value is -3.12. The first-order valence-electron chi connectivity index (χ1n) is 11.6. The first kappa shape index (κ1) is 27.5. The fourth-order valence-corrected chi connectivity index (χ4v) is 4.18. The van der Waals surface area contributed by atoms with Crippen molar-refractivity contribution in [3.63, 3.8) is 0 Å². The quantitative estimate of drug-likeness (QED) is 0.661. The molecule has 2 aromatic rings. The molecule has 4 rings (SSSR count). The predicted octanol–water partition coefficient (Wildman–Crippen LogP) is 2.50. The highest BCUT2D eigenvalue weighted by atomic mass is 19.4. The van der Waals surface area contributed by atoms with Gasteiger partial charge in [0, 0.05) is 46.2 Å². The number of alkyl halides is 3. The van der Waals surface area contributed by atoms with Crippen molar-refractivity contribution in [2.45, 2.75) is 44.1 Å². The summed E-state index contributed by atoms with van der Waals surface area (Å²) in [4.78, 5) is 30.3. The number of hydrogen-bond acceptors (Lipinski definition) is 6. The number of likely N-dealkylation sites (tertiary alicyclic amines) is 1. The van der Waals surface area contributed by atoms with Crippen LogP contribution in [0, 0.1) is 0 Å². The molecule has 9 nitrogen and oxygen atoms in total. The summed E-state index contributed by atoms with van der Waals surface area (Å²) >= 11 is 0. The van der Waals surface area contributed by atoms with E-state index in [1.54, 1.807) is 0 Å². The van der Waals surface area contributed by atoms with E-state index in [-0.39, 0.29) is 24.7 Å². The number of likely N-dealkylation sites (N-methyl/N-ethyl adjacent to an activating group) is 1. The van der Waals surface area contributed by atoms with E-state index in [4.69, 9.17) is 19.4 Å². The van der Waals surface area contributed by atoms with Crippen LogP contribution < -0.4 is 4.74 Å². The molecule has 1 aromatic carbocycles. The third kappa shape index (κ3) is 7.44. The molecule has 1 aromatic heterocycles. The number of benzene rings is 1. The van der Waals surface area contributed by atoms with Gasteiger partial charge in [-0.1, -0.05) is 18.2 Å². The maximum Gasteiger partial charge on any atom is 0.490 e. The van der Waals surface area contributed by atoms with Crippen LogP contribution in [0.15, 0.2) is 36.7 Å². The van der Waals surface area contributed by atoms with Crippen LogP contribution in [0.4, 0.5) is 13.2 Å². The fraction of sp³-hybridized carbons (Fsp3) is 0.542. The molecule has 1 saturated heterocycles. The number of halogens is 3. The van der Waals surface area contributed by atoms with Crippen molar-refractivity contribution in [3.05, 3.63) is 48.0 Å². The molecule has 1 N–H and O–H groups in total. The van der Waals surface area contributed by atoms with E-state index < -0.39 is 12.1 Å². The van der Waals surface area contributed by atoms with Crippen molar-refractivity contribution >= 4 is 11.9 Å². The average Bonchev–Trinajstić information content (AvgIpc) is 3.42. The molecule has 0 spiro atoms. The van der Waals surface area contributed by atoms with Gasteiger partial charge in [-0.3, -0.25) is 9.69 Å². The molecule has 0 saturated carbocycles. The topological polar surface area (TPSA) is 97.1 Å². The summed E-state index contributed by atoms with van der Waals surface area (Å²) in [5, 5.41) is 7.12. The van der Waals surface area contributed by atoms with Crippen molar-refractivity contribution in [1.82, 2.24) is 19.4 Å². The van der Waals surface area contributed by atoms with Gasteiger partial charge in [0.25, 0.3) is 5.91 Å². The number of carboxylic acids is 1. The van der Waals surface area contributed by atoms with Crippen molar-refractivity contribution in [3.8, 4) is 5.75 Å². The van der Waals surface area contributed by atoms with Crippen molar-refractivity contribution in [2.24, 2.45) is 7.05 Å². The number of carbonyl (C=O) groups is 2. The highest BCUT2D eigenvalue weighted by molar-refractivity contribution is 5.78. The minimum absolute atomic E-state index is 0.00680. The van der Waals surface area contributed by atoms with Gasteiger partial charge in [0.2, 0.25) is 0 Å². The van der Waals surface area contributed by atoms with Crippen LogP contribution >= 0.6 is 0 Å². The van der Waals surface area contributed by atoms with Crippen LogP contribution in [-0.4, -0.2) is 88.0 Å². The number of carboxylic acid groups (broad SMARTS) is 1. The molecule has 2 aliphatic heterocycles. The Balaban J connectivity index is 0.000000454. The van der Waals surface area contributed by atoms with Gasteiger partial charge in [-0.05, 0) is 30.9 Å². The van der Waals surface area contributed by atoms with Gasteiger partial charge in [0.15, 0.2) is 6.61 Å². The molecular weight excluding hydrogens is 481 g/mol. The minimum atomic E-state index is -5.08.